The van der Waals surface area contributed by atoms with Crippen LogP contribution in [0.5, 0.6) is 23.0 Å². The van der Waals surface area contributed by atoms with E-state index in [2.05, 4.69) is 25.1 Å². The largest absolute Gasteiger partial charge is 0.497 e. The molecule has 5 heteroatoms. The van der Waals surface area contributed by atoms with Gasteiger partial charge in [0.05, 0.1) is 28.4 Å². The Hall–Kier alpha value is -2.95. The number of aryl methyl sites for hydroxylation is 1. The van der Waals surface area contributed by atoms with Crippen molar-refractivity contribution in [3.05, 3.63) is 52.6 Å². The Bertz CT molecular complexity index is 1120. The summed E-state index contributed by atoms with van der Waals surface area (Å²) in [6.07, 6.45) is 7.07. The second-order valence-corrected chi connectivity index (χ2v) is 10.1. The predicted octanol–water partition coefficient (Wildman–Crippen LogP) is 5.84. The highest BCUT2D eigenvalue weighted by atomic mass is 16.5. The van der Waals surface area contributed by atoms with Crippen LogP contribution in [0.3, 0.4) is 0 Å². The molecule has 5 rings (SSSR count). The highest BCUT2D eigenvalue weighted by Gasteiger charge is 2.56. The van der Waals surface area contributed by atoms with Crippen LogP contribution in [-0.2, 0) is 11.2 Å². The lowest BCUT2D eigenvalue weighted by Crippen LogP contribution is -2.42. The van der Waals surface area contributed by atoms with Crippen LogP contribution < -0.4 is 18.9 Å². The number of ketones is 1. The first kappa shape index (κ1) is 22.8. The maximum absolute atomic E-state index is 13.7. The van der Waals surface area contributed by atoms with E-state index in [0.29, 0.717) is 40.8 Å². The predicted molar refractivity (Wildman–Crippen MR) is 132 cm³/mol. The fraction of sp³-hybridized carbons (Fsp3) is 0.483. The van der Waals surface area contributed by atoms with Crippen LogP contribution in [-0.4, -0.2) is 34.2 Å². The number of carbonyl (C=O) groups excluding carboxylic acids is 1. The Labute approximate surface area is 202 Å². The third kappa shape index (κ3) is 3.48. The van der Waals surface area contributed by atoms with Gasteiger partial charge in [-0.1, -0.05) is 13.0 Å². The maximum Gasteiger partial charge on any atom is 0.203 e. The third-order valence-corrected chi connectivity index (χ3v) is 8.60. The zero-order valence-electron chi connectivity index (χ0n) is 20.8. The Morgan fingerprint density at radius 1 is 0.941 bits per heavy atom. The quantitative estimate of drug-likeness (QED) is 0.523. The molecule has 0 spiro atoms. The normalized spacial score (nSPS) is 28.7. The first-order chi connectivity index (χ1) is 16.4. The number of carbonyl (C=O) groups is 1. The molecule has 0 aliphatic heterocycles. The van der Waals surface area contributed by atoms with E-state index >= 15 is 0 Å². The van der Waals surface area contributed by atoms with E-state index in [1.165, 1.54) is 11.1 Å². The highest BCUT2D eigenvalue weighted by molar-refractivity contribution is 6.06. The molecule has 34 heavy (non-hydrogen) atoms. The molecule has 3 aliphatic carbocycles. The first-order valence-electron chi connectivity index (χ1n) is 12.2. The summed E-state index contributed by atoms with van der Waals surface area (Å²) in [4.78, 5) is 13.7. The van der Waals surface area contributed by atoms with Crippen LogP contribution in [0.2, 0.25) is 0 Å². The van der Waals surface area contributed by atoms with E-state index in [1.807, 2.05) is 18.2 Å². The molecule has 0 saturated heterocycles. The monoisotopic (exact) mass is 462 g/mol. The highest BCUT2D eigenvalue weighted by Crippen LogP contribution is 2.61. The van der Waals surface area contributed by atoms with E-state index in [4.69, 9.17) is 18.9 Å². The molecule has 2 fully saturated rings. The van der Waals surface area contributed by atoms with Gasteiger partial charge in [0.15, 0.2) is 17.3 Å². The molecule has 4 unspecified atom stereocenters. The minimum Gasteiger partial charge on any atom is -0.497 e. The van der Waals surface area contributed by atoms with Gasteiger partial charge < -0.3 is 18.9 Å². The van der Waals surface area contributed by atoms with Crippen LogP contribution in [0.15, 0.2) is 35.9 Å². The summed E-state index contributed by atoms with van der Waals surface area (Å²) < 4.78 is 21.9. The average Bonchev–Trinajstić information content (AvgIpc) is 3.12. The fourth-order valence-corrected chi connectivity index (χ4v) is 6.87. The lowest BCUT2D eigenvalue weighted by molar-refractivity contribution is -0.127. The van der Waals surface area contributed by atoms with Gasteiger partial charge in [-0.25, -0.2) is 0 Å². The lowest BCUT2D eigenvalue weighted by Gasteiger charge is -2.48. The molecule has 0 aromatic heterocycles. The number of fused-ring (bicyclic) bond motifs is 5. The van der Waals surface area contributed by atoms with Gasteiger partial charge in [0.25, 0.3) is 0 Å². The SMILES string of the molecule is COc1ccc2c(c1)CCC1C2CCC2(C)C(=O)/C(=C/c3cc(OC)c(OC)c(OC)c3)CC12. The Balaban J connectivity index is 1.48. The molecule has 0 amide bonds. The fourth-order valence-electron chi connectivity index (χ4n) is 6.87. The summed E-state index contributed by atoms with van der Waals surface area (Å²) in [5.74, 6) is 4.45. The molecule has 2 saturated carbocycles. The van der Waals surface area contributed by atoms with Crippen LogP contribution in [0.25, 0.3) is 6.08 Å². The van der Waals surface area contributed by atoms with Gasteiger partial charge in [0, 0.05) is 5.41 Å². The Morgan fingerprint density at radius 2 is 1.68 bits per heavy atom. The second-order valence-electron chi connectivity index (χ2n) is 10.1. The van der Waals surface area contributed by atoms with Crippen LogP contribution in [0.4, 0.5) is 0 Å². The van der Waals surface area contributed by atoms with Crippen molar-refractivity contribution in [3.8, 4) is 23.0 Å². The standard InChI is InChI=1S/C29H34O5/c1-29-11-10-22-21-9-7-20(31-2)15-18(21)6-8-23(22)24(29)16-19(28(29)30)12-17-13-25(32-3)27(34-5)26(14-17)33-4/h7,9,12-15,22-24H,6,8,10-11,16H2,1-5H3/b19-12+. The molecule has 0 heterocycles. The summed E-state index contributed by atoms with van der Waals surface area (Å²) in [5, 5.41) is 0. The summed E-state index contributed by atoms with van der Waals surface area (Å²) in [6.45, 7) is 2.20. The number of methoxy groups -OCH3 is 4. The molecular weight excluding hydrogens is 428 g/mol. The van der Waals surface area contributed by atoms with Gasteiger partial charge in [-0.2, -0.15) is 0 Å². The minimum absolute atomic E-state index is 0.280. The van der Waals surface area contributed by atoms with E-state index in [9.17, 15) is 4.79 Å². The van der Waals surface area contributed by atoms with Gasteiger partial charge in [-0.15, -0.1) is 0 Å². The van der Waals surface area contributed by atoms with Crippen molar-refractivity contribution in [2.75, 3.05) is 28.4 Å². The molecule has 5 nitrogen and oxygen atoms in total. The van der Waals surface area contributed by atoms with E-state index in [-0.39, 0.29) is 5.41 Å². The summed E-state index contributed by atoms with van der Waals surface area (Å²) in [6, 6.07) is 10.4. The molecule has 3 aliphatic rings. The van der Waals surface area contributed by atoms with Crippen LogP contribution in [0, 0.1) is 17.3 Å². The van der Waals surface area contributed by atoms with E-state index in [1.54, 1.807) is 28.4 Å². The van der Waals surface area contributed by atoms with Gasteiger partial charge in [0.2, 0.25) is 5.75 Å². The van der Waals surface area contributed by atoms with Crippen molar-refractivity contribution in [1.82, 2.24) is 0 Å². The second kappa shape index (κ2) is 8.68. The zero-order chi connectivity index (χ0) is 24.0. The van der Waals surface area contributed by atoms with Crippen molar-refractivity contribution < 1.29 is 23.7 Å². The summed E-state index contributed by atoms with van der Waals surface area (Å²) in [5.41, 5.74) is 4.42. The number of benzene rings is 2. The maximum atomic E-state index is 13.7. The Morgan fingerprint density at radius 3 is 2.32 bits per heavy atom. The van der Waals surface area contributed by atoms with Crippen molar-refractivity contribution in [2.45, 2.75) is 44.9 Å². The van der Waals surface area contributed by atoms with Crippen molar-refractivity contribution >= 4 is 11.9 Å². The van der Waals surface area contributed by atoms with Gasteiger partial charge in [-0.05, 0) is 102 Å². The summed E-state index contributed by atoms with van der Waals surface area (Å²) >= 11 is 0. The number of Topliss-reactive ketones (excluding diaryl/α,β-unsaturated/α-hetero) is 1. The summed E-state index contributed by atoms with van der Waals surface area (Å²) in [7, 11) is 6.55. The first-order valence-corrected chi connectivity index (χ1v) is 12.2. The number of hydrogen-bond acceptors (Lipinski definition) is 5. The minimum atomic E-state index is -0.280. The van der Waals surface area contributed by atoms with Gasteiger partial charge >= 0.3 is 0 Å². The van der Waals surface area contributed by atoms with Gasteiger partial charge in [-0.3, -0.25) is 4.79 Å². The van der Waals surface area contributed by atoms with Crippen molar-refractivity contribution in [1.29, 1.82) is 0 Å². The molecule has 0 radical (unpaired) electrons. The molecule has 2 aromatic carbocycles. The number of ether oxygens (including phenoxy) is 4. The average molecular weight is 463 g/mol. The number of allylic oxidation sites excluding steroid dienone is 1. The molecule has 4 atom stereocenters. The number of hydrogen-bond donors (Lipinski definition) is 0. The Kier molecular flexibility index (Phi) is 5.83. The molecular formula is C29H34O5. The lowest BCUT2D eigenvalue weighted by atomic mass is 9.55. The topological polar surface area (TPSA) is 54.0 Å². The van der Waals surface area contributed by atoms with Crippen LogP contribution >= 0.6 is 0 Å². The van der Waals surface area contributed by atoms with E-state index in [0.717, 1.165) is 49.0 Å². The molecule has 0 N–H and O–H groups in total. The third-order valence-electron chi connectivity index (χ3n) is 8.60. The number of rotatable bonds is 5. The smallest absolute Gasteiger partial charge is 0.203 e. The molecule has 2 aromatic rings. The van der Waals surface area contributed by atoms with Crippen LogP contribution in [0.1, 0.15) is 55.2 Å². The molecule has 180 valence electrons. The molecule has 0 bridgehead atoms. The van der Waals surface area contributed by atoms with E-state index < -0.39 is 0 Å². The van der Waals surface area contributed by atoms with Crippen molar-refractivity contribution in [3.63, 3.8) is 0 Å². The zero-order valence-corrected chi connectivity index (χ0v) is 20.8. The van der Waals surface area contributed by atoms with Gasteiger partial charge in [0.1, 0.15) is 5.75 Å². The van der Waals surface area contributed by atoms with Crippen molar-refractivity contribution in [2.24, 2.45) is 17.3 Å².